The molecule has 0 aromatic carbocycles. The van der Waals surface area contributed by atoms with E-state index >= 15 is 0 Å². The number of esters is 1. The monoisotopic (exact) mass is 602 g/mol. The number of hydrogen-bond acceptors (Lipinski definition) is 7. The molecule has 2 saturated carbocycles. The van der Waals surface area contributed by atoms with Gasteiger partial charge in [-0.3, -0.25) is 4.79 Å². The van der Waals surface area contributed by atoms with E-state index in [2.05, 4.69) is 24.1 Å². The summed E-state index contributed by atoms with van der Waals surface area (Å²) < 4.78 is 10.9. The molecule has 1 aromatic heterocycles. The Hall–Kier alpha value is -3.06. The summed E-state index contributed by atoms with van der Waals surface area (Å²) in [5.74, 6) is 5.08. The third kappa shape index (κ3) is 9.48. The molecule has 2 aliphatic rings. The third-order valence-electron chi connectivity index (χ3n) is 7.63. The number of carbonyl (C=O) groups excluding carboxylic acids is 3. The number of ether oxygens (including phenoxy) is 2. The lowest BCUT2D eigenvalue weighted by molar-refractivity contribution is -0.152. The number of hydrogen-bond donors (Lipinski definition) is 2. The normalized spacial score (nSPS) is 23.2. The van der Waals surface area contributed by atoms with Gasteiger partial charge >= 0.3 is 18.0 Å². The van der Waals surface area contributed by atoms with Crippen LogP contribution in [0.25, 0.3) is 0 Å². The van der Waals surface area contributed by atoms with Crippen LogP contribution >= 0.6 is 11.3 Å². The first-order valence-electron chi connectivity index (χ1n) is 15.1. The summed E-state index contributed by atoms with van der Waals surface area (Å²) in [4.78, 5) is 53.6. The maximum Gasteiger partial charge on any atom is 0.408 e. The number of carboxylic acid groups (broad SMARTS) is 1. The molecule has 0 saturated heterocycles. The van der Waals surface area contributed by atoms with Crippen LogP contribution in [0.1, 0.15) is 114 Å². The van der Waals surface area contributed by atoms with Crippen molar-refractivity contribution in [3.05, 3.63) is 15.8 Å². The summed E-state index contributed by atoms with van der Waals surface area (Å²) in [6, 6.07) is 0.657. The molecule has 10 heteroatoms. The summed E-state index contributed by atoms with van der Waals surface area (Å²) >= 11 is 1.11. The Bertz CT molecular complexity index is 1190. The number of aromatic carboxylic acids is 1. The van der Waals surface area contributed by atoms with Crippen LogP contribution < -0.4 is 10.2 Å². The molecule has 9 nitrogen and oxygen atoms in total. The Morgan fingerprint density at radius 1 is 1.02 bits per heavy atom. The minimum Gasteiger partial charge on any atom is -0.477 e. The van der Waals surface area contributed by atoms with E-state index in [1.807, 2.05) is 13.8 Å². The predicted octanol–water partition coefficient (Wildman–Crippen LogP) is 6.38. The molecule has 2 aliphatic carbocycles. The molecule has 2 fully saturated rings. The van der Waals surface area contributed by atoms with E-state index in [0.717, 1.165) is 37.0 Å². The van der Waals surface area contributed by atoms with Crippen molar-refractivity contribution in [2.75, 3.05) is 4.90 Å². The molecule has 2 amide bonds. The van der Waals surface area contributed by atoms with Gasteiger partial charge in [-0.15, -0.1) is 11.3 Å². The van der Waals surface area contributed by atoms with Crippen molar-refractivity contribution in [3.8, 4) is 11.8 Å². The molecule has 2 N–H and O–H groups in total. The number of carbonyl (C=O) groups is 4. The number of anilines is 1. The van der Waals surface area contributed by atoms with Gasteiger partial charge in [-0.2, -0.15) is 0 Å². The van der Waals surface area contributed by atoms with Gasteiger partial charge in [0.2, 0.25) is 5.91 Å². The fraction of sp³-hybridized carbons (Fsp3) is 0.688. The van der Waals surface area contributed by atoms with Crippen LogP contribution in [0.3, 0.4) is 0 Å². The van der Waals surface area contributed by atoms with Crippen LogP contribution in [-0.4, -0.2) is 52.8 Å². The lowest BCUT2D eigenvalue weighted by Crippen LogP contribution is -2.48. The van der Waals surface area contributed by atoms with Crippen LogP contribution in [0.4, 0.5) is 10.5 Å². The van der Waals surface area contributed by atoms with Crippen LogP contribution in [0.2, 0.25) is 0 Å². The number of alkyl carbamates (subject to hydrolysis) is 1. The number of nitrogens with zero attached hydrogens (tertiary/aromatic N) is 1. The predicted molar refractivity (Wildman–Crippen MR) is 163 cm³/mol. The van der Waals surface area contributed by atoms with Crippen LogP contribution in [0.15, 0.2) is 6.07 Å². The highest BCUT2D eigenvalue weighted by Crippen LogP contribution is 2.39. The van der Waals surface area contributed by atoms with E-state index in [1.54, 1.807) is 38.7 Å². The van der Waals surface area contributed by atoms with Crippen molar-refractivity contribution < 1.29 is 33.8 Å². The fourth-order valence-corrected chi connectivity index (χ4v) is 6.27. The average Bonchev–Trinajstić information content (AvgIpc) is 3.32. The van der Waals surface area contributed by atoms with Gasteiger partial charge in [0.15, 0.2) is 0 Å². The number of carboxylic acids is 1. The second kappa shape index (κ2) is 14.4. The van der Waals surface area contributed by atoms with Crippen molar-refractivity contribution >= 4 is 41.0 Å². The maximum absolute atomic E-state index is 14.1. The Kier molecular flexibility index (Phi) is 11.5. The lowest BCUT2D eigenvalue weighted by Gasteiger charge is -2.39. The Morgan fingerprint density at radius 2 is 1.64 bits per heavy atom. The second-order valence-corrected chi connectivity index (χ2v) is 14.0. The Balaban J connectivity index is 1.76. The fourth-order valence-electron chi connectivity index (χ4n) is 5.42. The van der Waals surface area contributed by atoms with Gasteiger partial charge < -0.3 is 24.8 Å². The van der Waals surface area contributed by atoms with E-state index in [4.69, 9.17) is 9.47 Å². The average molecular weight is 603 g/mol. The Morgan fingerprint density at radius 3 is 2.19 bits per heavy atom. The molecule has 42 heavy (non-hydrogen) atoms. The van der Waals surface area contributed by atoms with Gasteiger partial charge in [-0.25, -0.2) is 14.4 Å². The SMILES string of the molecule is CC(C)C#Cc1cc(N(C(=O)[C@H]2CC[C@H](C)CC2)[C@H]2CC[C@H](OC(=O)[C@H](C)NC(=O)OC(C)(C)C)CC2)c(C(=O)O)s1. The molecule has 0 spiro atoms. The first kappa shape index (κ1) is 33.4. The van der Waals surface area contributed by atoms with Gasteiger partial charge in [0.1, 0.15) is 22.6 Å². The smallest absolute Gasteiger partial charge is 0.408 e. The maximum atomic E-state index is 14.1. The molecule has 1 atom stereocenters. The molecule has 0 unspecified atom stereocenters. The van der Waals surface area contributed by atoms with E-state index in [-0.39, 0.29) is 34.8 Å². The summed E-state index contributed by atoms with van der Waals surface area (Å²) in [6.45, 7) is 12.9. The zero-order valence-electron chi connectivity index (χ0n) is 26.0. The van der Waals surface area contributed by atoms with Gasteiger partial charge in [0.05, 0.1) is 10.6 Å². The highest BCUT2D eigenvalue weighted by Gasteiger charge is 2.38. The molecule has 0 radical (unpaired) electrons. The first-order valence-corrected chi connectivity index (χ1v) is 15.9. The summed E-state index contributed by atoms with van der Waals surface area (Å²) in [5.41, 5.74) is -0.268. The molecule has 3 rings (SSSR count). The largest absolute Gasteiger partial charge is 0.477 e. The number of amides is 2. The van der Waals surface area contributed by atoms with Crippen molar-refractivity contribution in [1.29, 1.82) is 0 Å². The summed E-state index contributed by atoms with van der Waals surface area (Å²) in [7, 11) is 0. The highest BCUT2D eigenvalue weighted by atomic mass is 32.1. The number of nitrogens with one attached hydrogen (secondary N) is 1. The zero-order valence-corrected chi connectivity index (χ0v) is 26.8. The minimum absolute atomic E-state index is 0.0267. The van der Waals surface area contributed by atoms with E-state index in [9.17, 15) is 24.3 Å². The van der Waals surface area contributed by atoms with Gasteiger partial charge in [0.25, 0.3) is 0 Å². The van der Waals surface area contributed by atoms with Crippen molar-refractivity contribution in [2.45, 2.75) is 124 Å². The summed E-state index contributed by atoms with van der Waals surface area (Å²) in [5, 5.41) is 12.6. The molecular formula is C32H46N2O7S. The van der Waals surface area contributed by atoms with E-state index in [1.165, 1.54) is 0 Å². The second-order valence-electron chi connectivity index (χ2n) is 13.0. The van der Waals surface area contributed by atoms with Crippen molar-refractivity contribution in [3.63, 3.8) is 0 Å². The first-order chi connectivity index (χ1) is 19.6. The molecule has 0 aliphatic heterocycles. The molecule has 232 valence electrons. The van der Waals surface area contributed by atoms with Crippen LogP contribution in [-0.2, 0) is 19.1 Å². The van der Waals surface area contributed by atoms with Crippen molar-refractivity contribution in [1.82, 2.24) is 5.32 Å². The molecule has 1 aromatic rings. The van der Waals surface area contributed by atoms with Crippen LogP contribution in [0.5, 0.6) is 0 Å². The quantitative estimate of drug-likeness (QED) is 0.274. The molecule has 1 heterocycles. The van der Waals surface area contributed by atoms with Gasteiger partial charge in [-0.1, -0.05) is 32.6 Å². The topological polar surface area (TPSA) is 122 Å². The number of thiophene rings is 1. The molecule has 0 bridgehead atoms. The standard InChI is InChI=1S/C32H46N2O7S/c1-19(2)8-17-25-18-26(27(42-25)29(36)37)34(28(35)22-11-9-20(3)10-12-22)23-13-15-24(16-14-23)40-30(38)21(4)33-31(39)41-32(5,6)7/h18-24H,9-16H2,1-7H3,(H,33,39)(H,36,37)/t20-,21-,22-,23-,24-/m0/s1. The van der Waals surface area contributed by atoms with E-state index < -0.39 is 29.7 Å². The Labute approximate surface area is 253 Å². The zero-order chi connectivity index (χ0) is 31.2. The third-order valence-corrected chi connectivity index (χ3v) is 8.66. The van der Waals surface area contributed by atoms with Crippen LogP contribution in [0, 0.1) is 29.6 Å². The van der Waals surface area contributed by atoms with Crippen molar-refractivity contribution in [2.24, 2.45) is 17.8 Å². The number of rotatable bonds is 7. The summed E-state index contributed by atoms with van der Waals surface area (Å²) in [6.07, 6.45) is 4.64. The lowest BCUT2D eigenvalue weighted by atomic mass is 9.81. The van der Waals surface area contributed by atoms with Gasteiger partial charge in [0, 0.05) is 17.9 Å². The highest BCUT2D eigenvalue weighted by molar-refractivity contribution is 7.15. The minimum atomic E-state index is -1.07. The van der Waals surface area contributed by atoms with Gasteiger partial charge in [-0.05, 0) is 91.0 Å². The molecular weight excluding hydrogens is 556 g/mol. The van der Waals surface area contributed by atoms with E-state index in [0.29, 0.717) is 42.2 Å².